The van der Waals surface area contributed by atoms with Gasteiger partial charge < -0.3 is 30.1 Å². The van der Waals surface area contributed by atoms with E-state index in [9.17, 15) is 27.2 Å². The fourth-order valence-corrected chi connectivity index (χ4v) is 9.39. The van der Waals surface area contributed by atoms with E-state index in [4.69, 9.17) is 14.5 Å². The third kappa shape index (κ3) is 8.20. The largest absolute Gasteiger partial charge is 0.359 e. The first kappa shape index (κ1) is 42.3. The minimum Gasteiger partial charge on any atom is -0.359 e. The van der Waals surface area contributed by atoms with Crippen molar-refractivity contribution >= 4 is 11.8 Å². The number of hydrogen-bond donors (Lipinski definition) is 4. The van der Waals surface area contributed by atoms with E-state index < -0.39 is 83.8 Å². The van der Waals surface area contributed by atoms with Gasteiger partial charge in [0.2, 0.25) is 0 Å². The molecule has 0 radical (unpaired) electrons. The molecule has 2 saturated heterocycles. The normalized spacial score (nSPS) is 30.7. The molecule has 4 atom stereocenters. The number of carbonyl (C=O) groups excluding carboxylic acids is 2. The topological polar surface area (TPSA) is 134 Å². The second-order valence-electron chi connectivity index (χ2n) is 20.3. The van der Waals surface area contributed by atoms with Crippen molar-refractivity contribution in [2.24, 2.45) is 10.8 Å². The van der Waals surface area contributed by atoms with E-state index in [1.54, 1.807) is 20.0 Å². The van der Waals surface area contributed by atoms with Crippen LogP contribution in [0, 0.1) is 10.8 Å². The number of H-pyrrole nitrogens is 2. The second-order valence-corrected chi connectivity index (χ2v) is 20.3. The van der Waals surface area contributed by atoms with Crippen molar-refractivity contribution in [3.8, 4) is 11.3 Å². The van der Waals surface area contributed by atoms with Crippen LogP contribution in [0.2, 0.25) is 0 Å². The number of imidazole rings is 2. The molecule has 58 heavy (non-hydrogen) atoms. The number of alkyl halides is 4. The smallest absolute Gasteiger partial charge is 0.271 e. The van der Waals surface area contributed by atoms with Gasteiger partial charge in [-0.1, -0.05) is 65.8 Å². The number of nitrogens with one attached hydrogen (secondary N) is 4. The summed E-state index contributed by atoms with van der Waals surface area (Å²) in [6.45, 7) is 13.6. The molecule has 2 aromatic heterocycles. The molecule has 318 valence electrons. The van der Waals surface area contributed by atoms with Gasteiger partial charge >= 0.3 is 0 Å². The molecule has 5 aliphatic rings. The van der Waals surface area contributed by atoms with Crippen LogP contribution in [0.4, 0.5) is 17.6 Å². The predicted molar refractivity (Wildman–Crippen MR) is 211 cm³/mol. The van der Waals surface area contributed by atoms with Crippen LogP contribution in [0.25, 0.3) is 11.3 Å². The molecular weight excluding hydrogens is 753 g/mol. The highest BCUT2D eigenvalue weighted by Crippen LogP contribution is 2.58. The van der Waals surface area contributed by atoms with E-state index in [-0.39, 0.29) is 23.7 Å². The fraction of sp³-hybridized carbons (Fsp3) is 0.682. The number of hydrogen-bond acceptors (Lipinski definition) is 6. The maximum atomic E-state index is 13.8. The van der Waals surface area contributed by atoms with Gasteiger partial charge in [-0.15, -0.1) is 0 Å². The molecule has 5 fully saturated rings. The number of ether oxygens (including phenoxy) is 2. The first-order chi connectivity index (χ1) is 26.9. The lowest BCUT2D eigenvalue weighted by atomic mass is 9.51. The highest BCUT2D eigenvalue weighted by molar-refractivity contribution is 5.86. The molecule has 2 amide bonds. The monoisotopic (exact) mass is 812 g/mol. The second kappa shape index (κ2) is 14.4. The number of carbonyl (C=O) groups is 2. The number of aromatic nitrogens is 4. The molecular formula is C44H60F4N6O4. The number of benzene rings is 1. The number of halogens is 4. The van der Waals surface area contributed by atoms with Crippen LogP contribution in [0.5, 0.6) is 0 Å². The summed E-state index contributed by atoms with van der Waals surface area (Å²) in [6.07, 6.45) is 8.85. The van der Waals surface area contributed by atoms with E-state index in [0.29, 0.717) is 11.6 Å². The Bertz CT molecular complexity index is 1950. The molecule has 0 spiro atoms. The molecule has 2 bridgehead atoms. The van der Waals surface area contributed by atoms with Gasteiger partial charge in [-0.25, -0.2) is 27.5 Å². The maximum Gasteiger partial charge on any atom is 0.271 e. The Morgan fingerprint density at radius 3 is 1.50 bits per heavy atom. The first-order valence-electron chi connectivity index (χ1n) is 20.7. The minimum atomic E-state index is -2.93. The van der Waals surface area contributed by atoms with Crippen molar-refractivity contribution in [3.63, 3.8) is 0 Å². The summed E-state index contributed by atoms with van der Waals surface area (Å²) in [6, 6.07) is 7.69. The molecule has 4 heterocycles. The Labute approximate surface area is 338 Å². The molecule has 1 aromatic carbocycles. The molecule has 3 aliphatic carbocycles. The van der Waals surface area contributed by atoms with Gasteiger partial charge in [0.1, 0.15) is 36.1 Å². The Hall–Kier alpha value is -3.78. The Balaban J connectivity index is 1.01. The zero-order valence-corrected chi connectivity index (χ0v) is 35.1. The van der Waals surface area contributed by atoms with Crippen LogP contribution >= 0.6 is 0 Å². The number of nitrogens with zero attached hydrogens (tertiary/aromatic N) is 2. The summed E-state index contributed by atoms with van der Waals surface area (Å²) in [5, 5.41) is 6.14. The van der Waals surface area contributed by atoms with E-state index >= 15 is 0 Å². The standard InChI is InChI=1S/C44H60F4N6O4/c1-37(2,3)31(53-35(55)39(7)13-21-43(45,46)25-57-39)33-49-23-29(51-33)27-9-11-28(12-10-27)41-15-18-42(19-16-41,20-17-41)30-24-50-34(52-30)32(38(4,5)6)54-36(56)40(8)14-22-44(47,48)26-58-40/h9-12,23-24,31-32H,13-22,25-26H2,1-8H3,(H,49,51)(H,50,52)(H,53,55)(H,54,56)/t31-,32-,39?,40?,41?,42?/m1/s1. The SMILES string of the molecule is CC1(C(=O)N[C@H](c2ncc(-c3ccc(C45CCC(c6cnc([C@@H](NC(=O)C7(C)CCC(F)(F)CO7)C(C)(C)C)[nH]6)(CC4)CC5)cc3)[nH]2)C(C)(C)C)CCC(F)(F)CO1. The predicted octanol–water partition coefficient (Wildman–Crippen LogP) is 9.16. The zero-order valence-electron chi connectivity index (χ0n) is 35.1. The summed E-state index contributed by atoms with van der Waals surface area (Å²) in [7, 11) is 0. The van der Waals surface area contributed by atoms with Crippen molar-refractivity contribution in [2.45, 2.75) is 166 Å². The summed E-state index contributed by atoms with van der Waals surface area (Å²) < 4.78 is 66.1. The average Bonchev–Trinajstić information content (AvgIpc) is 3.87. The van der Waals surface area contributed by atoms with Gasteiger partial charge in [0.25, 0.3) is 23.7 Å². The maximum absolute atomic E-state index is 13.8. The van der Waals surface area contributed by atoms with Crippen LogP contribution in [-0.2, 0) is 29.9 Å². The molecule has 14 heteroatoms. The van der Waals surface area contributed by atoms with Crippen LogP contribution in [0.1, 0.15) is 155 Å². The van der Waals surface area contributed by atoms with Gasteiger partial charge in [0.05, 0.1) is 24.0 Å². The number of aromatic amines is 2. The average molecular weight is 813 g/mol. The van der Waals surface area contributed by atoms with E-state index in [1.807, 2.05) is 47.7 Å². The molecule has 2 unspecified atom stereocenters. The summed E-state index contributed by atoms with van der Waals surface area (Å²) >= 11 is 0. The molecule has 8 rings (SSSR count). The van der Waals surface area contributed by atoms with E-state index in [1.165, 1.54) is 5.56 Å². The lowest BCUT2D eigenvalue weighted by Crippen LogP contribution is -2.54. The zero-order chi connectivity index (χ0) is 42.2. The Morgan fingerprint density at radius 1 is 0.638 bits per heavy atom. The van der Waals surface area contributed by atoms with Crippen LogP contribution < -0.4 is 10.6 Å². The Kier molecular flexibility index (Phi) is 10.5. The third-order valence-electron chi connectivity index (χ3n) is 13.7. The van der Waals surface area contributed by atoms with Crippen molar-refractivity contribution in [3.05, 3.63) is 59.6 Å². The van der Waals surface area contributed by atoms with Gasteiger partial charge in [-0.05, 0) is 92.6 Å². The van der Waals surface area contributed by atoms with Crippen molar-refractivity contribution < 1.29 is 36.6 Å². The van der Waals surface area contributed by atoms with E-state index in [0.717, 1.165) is 55.5 Å². The molecule has 3 saturated carbocycles. The highest BCUT2D eigenvalue weighted by Gasteiger charge is 2.52. The summed E-state index contributed by atoms with van der Waals surface area (Å²) in [5.41, 5.74) is 0.679. The number of amides is 2. The van der Waals surface area contributed by atoms with Crippen LogP contribution in [-0.4, -0.2) is 68.0 Å². The van der Waals surface area contributed by atoms with Gasteiger partial charge in [0.15, 0.2) is 0 Å². The molecule has 3 aromatic rings. The number of rotatable bonds is 9. The minimum absolute atomic E-state index is 0.0413. The van der Waals surface area contributed by atoms with Crippen molar-refractivity contribution in [1.29, 1.82) is 0 Å². The van der Waals surface area contributed by atoms with Gasteiger partial charge in [-0.3, -0.25) is 9.59 Å². The molecule has 4 N–H and O–H groups in total. The molecule has 2 aliphatic heterocycles. The fourth-order valence-electron chi connectivity index (χ4n) is 9.39. The molecule has 10 nitrogen and oxygen atoms in total. The van der Waals surface area contributed by atoms with E-state index in [2.05, 4.69) is 49.9 Å². The third-order valence-corrected chi connectivity index (χ3v) is 13.7. The first-order valence-corrected chi connectivity index (χ1v) is 20.7. The summed E-state index contributed by atoms with van der Waals surface area (Å²) in [5.74, 6) is -5.46. The lowest BCUT2D eigenvalue weighted by molar-refractivity contribution is -0.190. The Morgan fingerprint density at radius 2 is 1.07 bits per heavy atom. The van der Waals surface area contributed by atoms with Crippen molar-refractivity contribution in [2.75, 3.05) is 13.2 Å². The van der Waals surface area contributed by atoms with Gasteiger partial charge in [0, 0.05) is 30.1 Å². The van der Waals surface area contributed by atoms with Gasteiger partial charge in [-0.2, -0.15) is 0 Å². The summed E-state index contributed by atoms with van der Waals surface area (Å²) in [4.78, 5) is 43.4. The quantitative estimate of drug-likeness (QED) is 0.159. The lowest BCUT2D eigenvalue weighted by Gasteiger charge is -2.53. The van der Waals surface area contributed by atoms with Crippen LogP contribution in [0.15, 0.2) is 36.7 Å². The highest BCUT2D eigenvalue weighted by atomic mass is 19.3. The van der Waals surface area contributed by atoms with Crippen molar-refractivity contribution in [1.82, 2.24) is 30.6 Å². The van der Waals surface area contributed by atoms with Crippen LogP contribution in [0.3, 0.4) is 0 Å². The number of fused-ring (bicyclic) bond motifs is 3.